The van der Waals surface area contributed by atoms with E-state index in [4.69, 9.17) is 11.5 Å². The Bertz CT molecular complexity index is 932. The largest absolute Gasteiger partial charge is 0.479 e. The van der Waals surface area contributed by atoms with Crippen molar-refractivity contribution >= 4 is 17.6 Å². The Hall–Kier alpha value is -3.14. The van der Waals surface area contributed by atoms with Crippen LogP contribution in [0.4, 0.5) is 0 Å². The zero-order valence-electron chi connectivity index (χ0n) is 17.3. The summed E-state index contributed by atoms with van der Waals surface area (Å²) in [6.45, 7) is 2.62. The lowest BCUT2D eigenvalue weighted by Crippen LogP contribution is -2.66. The van der Waals surface area contributed by atoms with E-state index < -0.39 is 23.3 Å². The van der Waals surface area contributed by atoms with Gasteiger partial charge >= 0.3 is 5.97 Å². The molecule has 1 aliphatic heterocycles. The number of aliphatic carboxylic acids is 1. The van der Waals surface area contributed by atoms with Gasteiger partial charge in [0, 0.05) is 43.9 Å². The third-order valence-corrected chi connectivity index (χ3v) is 5.33. The number of benzene rings is 1. The van der Waals surface area contributed by atoms with E-state index in [0.717, 1.165) is 23.6 Å². The second kappa shape index (κ2) is 10.3. The number of aromatic nitrogens is 1. The molecule has 1 aromatic carbocycles. The molecule has 9 nitrogen and oxygen atoms in total. The van der Waals surface area contributed by atoms with Gasteiger partial charge in [0.1, 0.15) is 0 Å². The summed E-state index contributed by atoms with van der Waals surface area (Å²) in [5.41, 5.74) is 12.0. The molecule has 3 rings (SSSR count). The molecule has 2 atom stereocenters. The molecule has 7 N–H and O–H groups in total. The van der Waals surface area contributed by atoms with Crippen LogP contribution in [0.25, 0.3) is 0 Å². The molecule has 1 aliphatic rings. The van der Waals surface area contributed by atoms with E-state index in [1.165, 1.54) is 0 Å². The Kier molecular flexibility index (Phi) is 7.45. The number of rotatable bonds is 11. The van der Waals surface area contributed by atoms with Crippen LogP contribution in [0.3, 0.4) is 0 Å². The molecule has 0 spiro atoms. The predicted molar refractivity (Wildman–Crippen MR) is 118 cm³/mol. The maximum atomic E-state index is 13.0. The Labute approximate surface area is 181 Å². The first-order valence-corrected chi connectivity index (χ1v) is 10.2. The fraction of sp³-hybridized carbons (Fsp3) is 0.364. The van der Waals surface area contributed by atoms with Crippen LogP contribution in [0.1, 0.15) is 34.5 Å². The van der Waals surface area contributed by atoms with E-state index in [2.05, 4.69) is 20.6 Å². The topological polar surface area (TPSA) is 156 Å². The molecule has 0 bridgehead atoms. The Morgan fingerprint density at radius 2 is 1.97 bits per heavy atom. The van der Waals surface area contributed by atoms with Crippen molar-refractivity contribution in [3.8, 4) is 0 Å². The maximum absolute atomic E-state index is 13.0. The first kappa shape index (κ1) is 22.5. The number of hydrogen-bond acceptors (Lipinski definition) is 8. The number of carbonyl (C=O) groups excluding carboxylic acids is 1. The van der Waals surface area contributed by atoms with E-state index >= 15 is 0 Å². The van der Waals surface area contributed by atoms with Crippen LogP contribution in [0.15, 0.2) is 53.7 Å². The molecule has 0 amide bonds. The zero-order chi connectivity index (χ0) is 22.3. The molecule has 1 aromatic heterocycles. The summed E-state index contributed by atoms with van der Waals surface area (Å²) in [7, 11) is 0. The predicted octanol–water partition coefficient (Wildman–Crippen LogP) is 0.445. The van der Waals surface area contributed by atoms with E-state index in [9.17, 15) is 14.7 Å². The number of carbonyl (C=O) groups is 2. The summed E-state index contributed by atoms with van der Waals surface area (Å²) < 4.78 is 0. The lowest BCUT2D eigenvalue weighted by atomic mass is 9.81. The average Bonchev–Trinajstić information content (AvgIpc) is 3.31. The molecule has 0 aliphatic carbocycles. The highest BCUT2D eigenvalue weighted by atomic mass is 16.4. The maximum Gasteiger partial charge on any atom is 0.333 e. The SMILES string of the molecule is NC(CCC1=NCCN1)[C@@](N)(C(=O)O)C(=O)c1ccc(CNCc2ccccn2)cc1. The van der Waals surface area contributed by atoms with Crippen molar-refractivity contribution < 1.29 is 14.7 Å². The molecule has 0 fully saturated rings. The lowest BCUT2D eigenvalue weighted by Gasteiger charge is -2.29. The standard InChI is InChI=1S/C22H28N6O3/c23-18(8-9-19-27-11-12-28-19)22(24,21(30)31)20(29)16-6-4-15(5-7-16)13-25-14-17-3-1-2-10-26-17/h1-7,10,18,25H,8-9,11-14,23-24H2,(H,27,28)(H,30,31)/t18?,22-/m0/s1. The molecule has 0 saturated carbocycles. The average molecular weight is 425 g/mol. The number of aliphatic imine (C=N–C) groups is 1. The molecule has 0 radical (unpaired) electrons. The van der Waals surface area contributed by atoms with Gasteiger partial charge < -0.3 is 27.2 Å². The number of Topliss-reactive ketones (excluding diaryl/α,β-unsaturated/α-hetero) is 1. The Morgan fingerprint density at radius 1 is 1.19 bits per heavy atom. The number of amidine groups is 1. The second-order valence-electron chi connectivity index (χ2n) is 7.53. The molecule has 31 heavy (non-hydrogen) atoms. The minimum Gasteiger partial charge on any atom is -0.479 e. The Balaban J connectivity index is 1.62. The number of nitrogens with one attached hydrogen (secondary N) is 2. The highest BCUT2D eigenvalue weighted by molar-refractivity contribution is 6.16. The number of nitrogens with zero attached hydrogens (tertiary/aromatic N) is 2. The van der Waals surface area contributed by atoms with Gasteiger partial charge in [0.25, 0.3) is 0 Å². The van der Waals surface area contributed by atoms with Gasteiger partial charge in [0.2, 0.25) is 0 Å². The van der Waals surface area contributed by atoms with Crippen molar-refractivity contribution in [2.24, 2.45) is 16.5 Å². The van der Waals surface area contributed by atoms with Gasteiger partial charge in [-0.3, -0.25) is 14.8 Å². The highest BCUT2D eigenvalue weighted by Crippen LogP contribution is 2.19. The highest BCUT2D eigenvalue weighted by Gasteiger charge is 2.47. The van der Waals surface area contributed by atoms with Crippen LogP contribution in [-0.2, 0) is 17.9 Å². The minimum absolute atomic E-state index is 0.213. The molecular weight excluding hydrogens is 396 g/mol. The number of nitrogens with two attached hydrogens (primary N) is 2. The lowest BCUT2D eigenvalue weighted by molar-refractivity contribution is -0.142. The van der Waals surface area contributed by atoms with E-state index in [1.807, 2.05) is 18.2 Å². The third kappa shape index (κ3) is 5.52. The van der Waals surface area contributed by atoms with Gasteiger partial charge in [-0.2, -0.15) is 0 Å². The summed E-state index contributed by atoms with van der Waals surface area (Å²) in [4.78, 5) is 33.4. The van der Waals surface area contributed by atoms with Crippen LogP contribution in [0.5, 0.6) is 0 Å². The summed E-state index contributed by atoms with van der Waals surface area (Å²) in [6.07, 6.45) is 2.42. The summed E-state index contributed by atoms with van der Waals surface area (Å²) in [6, 6.07) is 11.4. The zero-order valence-corrected chi connectivity index (χ0v) is 17.3. The van der Waals surface area contributed by atoms with Crippen molar-refractivity contribution in [1.82, 2.24) is 15.6 Å². The van der Waals surface area contributed by atoms with Crippen LogP contribution in [-0.4, -0.2) is 52.3 Å². The van der Waals surface area contributed by atoms with Gasteiger partial charge in [-0.15, -0.1) is 0 Å². The number of carboxylic acids is 1. The second-order valence-corrected chi connectivity index (χ2v) is 7.53. The van der Waals surface area contributed by atoms with Crippen molar-refractivity contribution in [1.29, 1.82) is 0 Å². The van der Waals surface area contributed by atoms with Crippen LogP contribution in [0, 0.1) is 0 Å². The van der Waals surface area contributed by atoms with Gasteiger partial charge in [0.05, 0.1) is 18.1 Å². The van der Waals surface area contributed by atoms with Crippen LogP contribution >= 0.6 is 0 Å². The molecule has 0 saturated heterocycles. The smallest absolute Gasteiger partial charge is 0.333 e. The number of pyridine rings is 1. The molecule has 1 unspecified atom stereocenters. The normalized spacial score (nSPS) is 16.1. The number of ketones is 1. The fourth-order valence-electron chi connectivity index (χ4n) is 3.41. The summed E-state index contributed by atoms with van der Waals surface area (Å²) in [5.74, 6) is -1.38. The van der Waals surface area contributed by atoms with Gasteiger partial charge in [-0.25, -0.2) is 4.79 Å². The Morgan fingerprint density at radius 3 is 2.58 bits per heavy atom. The van der Waals surface area contributed by atoms with Crippen molar-refractivity contribution in [3.05, 3.63) is 65.5 Å². The van der Waals surface area contributed by atoms with Gasteiger partial charge in [0.15, 0.2) is 11.3 Å². The van der Waals surface area contributed by atoms with E-state index in [-0.39, 0.29) is 12.0 Å². The van der Waals surface area contributed by atoms with Crippen LogP contribution in [0.2, 0.25) is 0 Å². The molecule has 2 aromatic rings. The van der Waals surface area contributed by atoms with Crippen molar-refractivity contribution in [3.63, 3.8) is 0 Å². The fourth-order valence-corrected chi connectivity index (χ4v) is 3.41. The van der Waals surface area contributed by atoms with Crippen molar-refractivity contribution in [2.45, 2.75) is 37.5 Å². The van der Waals surface area contributed by atoms with E-state index in [0.29, 0.717) is 26.1 Å². The monoisotopic (exact) mass is 424 g/mol. The molecule has 2 heterocycles. The quantitative estimate of drug-likeness (QED) is 0.257. The van der Waals surface area contributed by atoms with Gasteiger partial charge in [-0.1, -0.05) is 30.3 Å². The molecule has 9 heteroatoms. The number of carboxylic acid groups (broad SMARTS) is 1. The number of hydrogen-bond donors (Lipinski definition) is 5. The van der Waals surface area contributed by atoms with E-state index in [1.54, 1.807) is 30.5 Å². The first-order chi connectivity index (χ1) is 14.9. The summed E-state index contributed by atoms with van der Waals surface area (Å²) >= 11 is 0. The first-order valence-electron chi connectivity index (χ1n) is 10.2. The summed E-state index contributed by atoms with van der Waals surface area (Å²) in [5, 5.41) is 16.1. The molecule has 164 valence electrons. The van der Waals surface area contributed by atoms with Crippen LogP contribution < -0.4 is 22.1 Å². The minimum atomic E-state index is -2.21. The molecular formula is C22H28N6O3. The van der Waals surface area contributed by atoms with Crippen molar-refractivity contribution in [2.75, 3.05) is 13.1 Å². The third-order valence-electron chi connectivity index (χ3n) is 5.33. The van der Waals surface area contributed by atoms with Gasteiger partial charge in [-0.05, 0) is 24.1 Å².